The lowest BCUT2D eigenvalue weighted by atomic mass is 10.0. The Morgan fingerprint density at radius 1 is 1.20 bits per heavy atom. The predicted octanol–water partition coefficient (Wildman–Crippen LogP) is 3.05. The van der Waals surface area contributed by atoms with Gasteiger partial charge in [-0.2, -0.15) is 4.31 Å². The third-order valence-corrected chi connectivity index (χ3v) is 5.65. The fourth-order valence-corrected chi connectivity index (χ4v) is 3.81. The van der Waals surface area contributed by atoms with Gasteiger partial charge in [0.1, 0.15) is 5.82 Å². The van der Waals surface area contributed by atoms with E-state index in [4.69, 9.17) is 11.6 Å². The number of benzene rings is 2. The van der Waals surface area contributed by atoms with Crippen LogP contribution in [0, 0.1) is 5.82 Å². The SMILES string of the molecule is CS(=O)(=O)N1CCc2ccc(NC(=O)c3ccc(F)cc3Cl)cc2C1. The van der Waals surface area contributed by atoms with E-state index in [1.165, 1.54) is 16.6 Å². The normalized spacial score (nSPS) is 14.8. The number of amides is 1. The minimum absolute atomic E-state index is 0.0266. The van der Waals surface area contributed by atoms with Crippen molar-refractivity contribution in [1.29, 1.82) is 0 Å². The molecule has 0 aliphatic carbocycles. The Morgan fingerprint density at radius 2 is 1.96 bits per heavy atom. The number of carbonyl (C=O) groups excluding carboxylic acids is 1. The lowest BCUT2D eigenvalue weighted by molar-refractivity contribution is 0.102. The number of rotatable bonds is 3. The molecule has 1 aliphatic heterocycles. The average Bonchev–Trinajstić information content (AvgIpc) is 2.53. The third kappa shape index (κ3) is 4.00. The number of hydrogen-bond acceptors (Lipinski definition) is 3. The molecule has 5 nitrogen and oxygen atoms in total. The van der Waals surface area contributed by atoms with Crippen molar-refractivity contribution >= 4 is 33.2 Å². The number of nitrogens with one attached hydrogen (secondary N) is 1. The largest absolute Gasteiger partial charge is 0.322 e. The van der Waals surface area contributed by atoms with Crippen LogP contribution in [-0.4, -0.2) is 31.4 Å². The van der Waals surface area contributed by atoms with E-state index in [9.17, 15) is 17.6 Å². The van der Waals surface area contributed by atoms with Gasteiger partial charge in [-0.1, -0.05) is 17.7 Å². The Balaban J connectivity index is 1.82. The summed E-state index contributed by atoms with van der Waals surface area (Å²) in [6, 6.07) is 8.94. The van der Waals surface area contributed by atoms with Crippen molar-refractivity contribution < 1.29 is 17.6 Å². The molecule has 0 aromatic heterocycles. The molecule has 3 rings (SSSR count). The van der Waals surface area contributed by atoms with Crippen LogP contribution in [0.25, 0.3) is 0 Å². The molecule has 132 valence electrons. The molecule has 0 saturated heterocycles. The van der Waals surface area contributed by atoms with E-state index < -0.39 is 21.7 Å². The average molecular weight is 383 g/mol. The van der Waals surface area contributed by atoms with Crippen LogP contribution < -0.4 is 5.32 Å². The lowest BCUT2D eigenvalue weighted by Gasteiger charge is -2.27. The Kier molecular flexibility index (Phi) is 4.81. The van der Waals surface area contributed by atoms with Crippen LogP contribution in [-0.2, 0) is 23.0 Å². The molecule has 0 spiro atoms. The number of nitrogens with zero attached hydrogens (tertiary/aromatic N) is 1. The summed E-state index contributed by atoms with van der Waals surface area (Å²) in [5.41, 5.74) is 2.59. The summed E-state index contributed by atoms with van der Waals surface area (Å²) in [6.45, 7) is 0.720. The molecule has 0 unspecified atom stereocenters. The van der Waals surface area contributed by atoms with Gasteiger partial charge in [0.2, 0.25) is 10.0 Å². The smallest absolute Gasteiger partial charge is 0.257 e. The maximum atomic E-state index is 13.1. The molecule has 0 radical (unpaired) electrons. The molecule has 2 aromatic rings. The fraction of sp³-hybridized carbons (Fsp3) is 0.235. The van der Waals surface area contributed by atoms with Crippen LogP contribution >= 0.6 is 11.6 Å². The minimum Gasteiger partial charge on any atom is -0.322 e. The summed E-state index contributed by atoms with van der Waals surface area (Å²) in [4.78, 5) is 12.3. The van der Waals surface area contributed by atoms with Gasteiger partial charge in [-0.15, -0.1) is 0 Å². The highest BCUT2D eigenvalue weighted by Gasteiger charge is 2.23. The van der Waals surface area contributed by atoms with Crippen LogP contribution in [0.3, 0.4) is 0 Å². The first-order chi connectivity index (χ1) is 11.7. The molecule has 0 bridgehead atoms. The van der Waals surface area contributed by atoms with Gasteiger partial charge >= 0.3 is 0 Å². The second-order valence-electron chi connectivity index (χ2n) is 5.91. The van der Waals surface area contributed by atoms with E-state index in [-0.39, 0.29) is 17.1 Å². The zero-order valence-corrected chi connectivity index (χ0v) is 15.0. The van der Waals surface area contributed by atoms with Crippen molar-refractivity contribution in [2.75, 3.05) is 18.1 Å². The first kappa shape index (κ1) is 17.8. The summed E-state index contributed by atoms with van der Waals surface area (Å²) in [7, 11) is -3.26. The van der Waals surface area contributed by atoms with Gasteiger partial charge in [0.15, 0.2) is 0 Å². The number of anilines is 1. The van der Waals surface area contributed by atoms with Crippen LogP contribution in [0.4, 0.5) is 10.1 Å². The molecule has 0 fully saturated rings. The Hall–Kier alpha value is -1.96. The zero-order chi connectivity index (χ0) is 18.2. The van der Waals surface area contributed by atoms with Gasteiger partial charge in [0, 0.05) is 18.8 Å². The van der Waals surface area contributed by atoms with Crippen LogP contribution in [0.1, 0.15) is 21.5 Å². The molecular weight excluding hydrogens is 367 g/mol. The fourth-order valence-electron chi connectivity index (χ4n) is 2.76. The van der Waals surface area contributed by atoms with Crippen LogP contribution in [0.15, 0.2) is 36.4 Å². The number of fused-ring (bicyclic) bond motifs is 1. The van der Waals surface area contributed by atoms with Crippen molar-refractivity contribution in [3.8, 4) is 0 Å². The highest BCUT2D eigenvalue weighted by Crippen LogP contribution is 2.25. The Labute approximate surface area is 150 Å². The molecule has 2 aromatic carbocycles. The highest BCUT2D eigenvalue weighted by molar-refractivity contribution is 7.88. The first-order valence-electron chi connectivity index (χ1n) is 7.57. The summed E-state index contributed by atoms with van der Waals surface area (Å²) in [5, 5.41) is 2.73. The molecule has 0 atom stereocenters. The summed E-state index contributed by atoms with van der Waals surface area (Å²) in [6.07, 6.45) is 1.81. The predicted molar refractivity (Wildman–Crippen MR) is 94.8 cm³/mol. The van der Waals surface area contributed by atoms with Gasteiger partial charge < -0.3 is 5.32 Å². The monoisotopic (exact) mass is 382 g/mol. The van der Waals surface area contributed by atoms with Crippen molar-refractivity contribution in [1.82, 2.24) is 4.31 Å². The van der Waals surface area contributed by atoms with E-state index in [1.807, 2.05) is 6.07 Å². The maximum Gasteiger partial charge on any atom is 0.257 e. The summed E-state index contributed by atoms with van der Waals surface area (Å²) >= 11 is 5.90. The molecule has 0 saturated carbocycles. The lowest BCUT2D eigenvalue weighted by Crippen LogP contribution is -2.35. The molecular formula is C17H16ClFN2O3S. The quantitative estimate of drug-likeness (QED) is 0.887. The molecule has 25 heavy (non-hydrogen) atoms. The molecule has 1 N–H and O–H groups in total. The van der Waals surface area contributed by atoms with Crippen LogP contribution in [0.2, 0.25) is 5.02 Å². The van der Waals surface area contributed by atoms with Crippen molar-refractivity contribution in [2.24, 2.45) is 0 Å². The van der Waals surface area contributed by atoms with Gasteiger partial charge in [-0.05, 0) is 47.9 Å². The van der Waals surface area contributed by atoms with E-state index >= 15 is 0 Å². The number of hydrogen-bond donors (Lipinski definition) is 1. The molecule has 1 amide bonds. The van der Waals surface area contributed by atoms with Gasteiger partial charge in [-0.25, -0.2) is 12.8 Å². The van der Waals surface area contributed by atoms with E-state index in [1.54, 1.807) is 12.1 Å². The van der Waals surface area contributed by atoms with Gasteiger partial charge in [0.25, 0.3) is 5.91 Å². The van der Waals surface area contributed by atoms with Crippen molar-refractivity contribution in [2.45, 2.75) is 13.0 Å². The molecule has 8 heteroatoms. The first-order valence-corrected chi connectivity index (χ1v) is 9.80. The number of carbonyl (C=O) groups is 1. The number of sulfonamides is 1. The van der Waals surface area contributed by atoms with Crippen molar-refractivity contribution in [3.05, 3.63) is 63.9 Å². The zero-order valence-electron chi connectivity index (χ0n) is 13.4. The van der Waals surface area contributed by atoms with E-state index in [2.05, 4.69) is 5.32 Å². The van der Waals surface area contributed by atoms with E-state index in [0.717, 1.165) is 23.3 Å². The molecule has 1 heterocycles. The molecule has 1 aliphatic rings. The maximum absolute atomic E-state index is 13.1. The topological polar surface area (TPSA) is 66.5 Å². The summed E-state index contributed by atoms with van der Waals surface area (Å²) in [5.74, 6) is -0.975. The minimum atomic E-state index is -3.26. The Morgan fingerprint density at radius 3 is 2.64 bits per heavy atom. The number of halogens is 2. The standard InChI is InChI=1S/C17H16ClFN2O3S/c1-25(23,24)21-7-6-11-2-4-14(8-12(11)10-21)20-17(22)15-5-3-13(19)9-16(15)18/h2-5,8-9H,6-7,10H2,1H3,(H,20,22). The summed E-state index contributed by atoms with van der Waals surface area (Å²) < 4.78 is 37.9. The van der Waals surface area contributed by atoms with Crippen molar-refractivity contribution in [3.63, 3.8) is 0 Å². The van der Waals surface area contributed by atoms with Crippen LogP contribution in [0.5, 0.6) is 0 Å². The highest BCUT2D eigenvalue weighted by atomic mass is 35.5. The van der Waals surface area contributed by atoms with Gasteiger partial charge in [-0.3, -0.25) is 4.79 Å². The second kappa shape index (κ2) is 6.74. The Bertz CT molecular complexity index is 947. The van der Waals surface area contributed by atoms with Gasteiger partial charge in [0.05, 0.1) is 16.8 Å². The van der Waals surface area contributed by atoms with E-state index in [0.29, 0.717) is 18.7 Å². The second-order valence-corrected chi connectivity index (χ2v) is 8.30. The third-order valence-electron chi connectivity index (χ3n) is 4.09.